The first kappa shape index (κ1) is 18.9. The molecule has 1 unspecified atom stereocenters. The van der Waals surface area contributed by atoms with Crippen molar-refractivity contribution in [3.8, 4) is 5.00 Å². The Morgan fingerprint density at radius 2 is 2.00 bits per heavy atom. The first-order valence-corrected chi connectivity index (χ1v) is 10.5. The molecule has 0 saturated heterocycles. The summed E-state index contributed by atoms with van der Waals surface area (Å²) < 4.78 is 22.0. The van der Waals surface area contributed by atoms with E-state index in [9.17, 15) is 4.39 Å². The minimum Gasteiger partial charge on any atom is -0.449 e. The van der Waals surface area contributed by atoms with Crippen molar-refractivity contribution in [1.29, 1.82) is 0 Å². The van der Waals surface area contributed by atoms with Crippen LogP contribution in [0.25, 0.3) is 5.00 Å². The molecule has 4 aromatic rings. The second kappa shape index (κ2) is 6.98. The quantitative estimate of drug-likeness (QED) is 0.475. The topological polar surface area (TPSA) is 69.1 Å². The number of rotatable bonds is 3. The summed E-state index contributed by atoms with van der Waals surface area (Å²) in [6, 6.07) is 4.92. The van der Waals surface area contributed by atoms with Crippen LogP contribution in [0.2, 0.25) is 0 Å². The fourth-order valence-corrected chi connectivity index (χ4v) is 5.00. The van der Waals surface area contributed by atoms with Crippen LogP contribution in [0.15, 0.2) is 40.1 Å². The predicted octanol–water partition coefficient (Wildman–Crippen LogP) is 4.82. The highest BCUT2D eigenvalue weighted by atomic mass is 32.1. The number of oxazole rings is 1. The Bertz CT molecular complexity index is 1290. The summed E-state index contributed by atoms with van der Waals surface area (Å²) in [5.74, 6) is 1.85. The van der Waals surface area contributed by atoms with Crippen molar-refractivity contribution >= 4 is 17.0 Å². The van der Waals surface area contributed by atoms with Crippen LogP contribution < -0.4 is 0 Å². The SMILES string of the molecule is Cc1ccc(C2=NC(Cc3ncco3)c3nnc(C)n3-c3sc(C)c(C)c32)cc1F. The third kappa shape index (κ3) is 2.90. The summed E-state index contributed by atoms with van der Waals surface area (Å²) >= 11 is 1.68. The molecule has 0 saturated carbocycles. The van der Waals surface area contributed by atoms with Crippen molar-refractivity contribution in [2.45, 2.75) is 40.2 Å². The summed E-state index contributed by atoms with van der Waals surface area (Å²) in [6.45, 7) is 7.86. The second-order valence-electron chi connectivity index (χ2n) is 7.49. The maximum atomic E-state index is 14.5. The van der Waals surface area contributed by atoms with Crippen LogP contribution in [0.4, 0.5) is 4.39 Å². The number of fused-ring (bicyclic) bond motifs is 3. The van der Waals surface area contributed by atoms with Crippen molar-refractivity contribution in [2.75, 3.05) is 0 Å². The van der Waals surface area contributed by atoms with E-state index in [0.29, 0.717) is 17.9 Å². The third-order valence-corrected chi connectivity index (χ3v) is 6.73. The summed E-state index contributed by atoms with van der Waals surface area (Å²) in [6.07, 6.45) is 3.61. The third-order valence-electron chi connectivity index (χ3n) is 5.54. The molecular weight excluding hydrogens is 401 g/mol. The smallest absolute Gasteiger partial charge is 0.196 e. The summed E-state index contributed by atoms with van der Waals surface area (Å²) in [5, 5.41) is 9.78. The molecule has 0 spiro atoms. The van der Waals surface area contributed by atoms with Gasteiger partial charge in [0, 0.05) is 16.0 Å². The predicted molar refractivity (Wildman–Crippen MR) is 113 cm³/mol. The summed E-state index contributed by atoms with van der Waals surface area (Å²) in [5.41, 5.74) is 4.24. The van der Waals surface area contributed by atoms with Gasteiger partial charge >= 0.3 is 0 Å². The van der Waals surface area contributed by atoms with E-state index in [-0.39, 0.29) is 11.9 Å². The molecule has 0 aliphatic carbocycles. The van der Waals surface area contributed by atoms with Gasteiger partial charge in [0.25, 0.3) is 0 Å². The lowest BCUT2D eigenvalue weighted by Gasteiger charge is -2.11. The van der Waals surface area contributed by atoms with Crippen molar-refractivity contribution in [3.05, 3.63) is 81.1 Å². The van der Waals surface area contributed by atoms with Gasteiger partial charge in [0.15, 0.2) is 11.7 Å². The molecule has 3 aromatic heterocycles. The van der Waals surface area contributed by atoms with Crippen LogP contribution in [-0.4, -0.2) is 25.5 Å². The van der Waals surface area contributed by atoms with Crippen LogP contribution in [0, 0.1) is 33.5 Å². The van der Waals surface area contributed by atoms with Gasteiger partial charge in [0.05, 0.1) is 18.3 Å². The first-order valence-electron chi connectivity index (χ1n) is 9.69. The van der Waals surface area contributed by atoms with Gasteiger partial charge in [0.1, 0.15) is 28.9 Å². The molecule has 1 aliphatic heterocycles. The van der Waals surface area contributed by atoms with Crippen LogP contribution >= 0.6 is 11.3 Å². The number of hydrogen-bond acceptors (Lipinski definition) is 6. The molecule has 0 bridgehead atoms. The Hall–Kier alpha value is -3.13. The number of nitrogens with zero attached hydrogens (tertiary/aromatic N) is 5. The molecule has 30 heavy (non-hydrogen) atoms. The summed E-state index contributed by atoms with van der Waals surface area (Å²) in [7, 11) is 0. The molecule has 0 fully saturated rings. The highest BCUT2D eigenvalue weighted by molar-refractivity contribution is 7.15. The van der Waals surface area contributed by atoms with Gasteiger partial charge < -0.3 is 4.42 Å². The Balaban J connectivity index is 1.79. The second-order valence-corrected chi connectivity index (χ2v) is 8.69. The van der Waals surface area contributed by atoms with Crippen LogP contribution in [-0.2, 0) is 6.42 Å². The van der Waals surface area contributed by atoms with Crippen LogP contribution in [0.3, 0.4) is 0 Å². The molecule has 4 heterocycles. The Kier molecular flexibility index (Phi) is 4.39. The molecule has 0 radical (unpaired) electrons. The van der Waals surface area contributed by atoms with Gasteiger partial charge in [-0.2, -0.15) is 0 Å². The first-order chi connectivity index (χ1) is 14.4. The minimum absolute atomic E-state index is 0.245. The van der Waals surface area contributed by atoms with Gasteiger partial charge in [-0.15, -0.1) is 21.5 Å². The zero-order valence-electron chi connectivity index (χ0n) is 17.1. The number of benzene rings is 1. The molecule has 1 aromatic carbocycles. The number of halogens is 1. The molecule has 0 N–H and O–H groups in total. The maximum Gasteiger partial charge on any atom is 0.196 e. The number of hydrogen-bond donors (Lipinski definition) is 0. The zero-order chi connectivity index (χ0) is 21.0. The molecular formula is C22H20FN5OS. The van der Waals surface area contributed by atoms with Crippen molar-refractivity contribution in [1.82, 2.24) is 19.7 Å². The molecule has 1 aliphatic rings. The molecule has 8 heteroatoms. The number of aliphatic imine (C=N–C) groups is 1. The van der Waals surface area contributed by atoms with Crippen LogP contribution in [0.1, 0.15) is 50.7 Å². The van der Waals surface area contributed by atoms with E-state index >= 15 is 0 Å². The fourth-order valence-electron chi connectivity index (χ4n) is 3.78. The minimum atomic E-state index is -0.358. The zero-order valence-corrected chi connectivity index (χ0v) is 17.9. The highest BCUT2D eigenvalue weighted by Crippen LogP contribution is 2.39. The van der Waals surface area contributed by atoms with Gasteiger partial charge in [-0.05, 0) is 44.9 Å². The number of aryl methyl sites for hydroxylation is 3. The van der Waals surface area contributed by atoms with Gasteiger partial charge in [-0.3, -0.25) is 9.56 Å². The normalized spacial score (nSPS) is 15.5. The summed E-state index contributed by atoms with van der Waals surface area (Å²) in [4.78, 5) is 10.5. The average Bonchev–Trinajstić information content (AvgIpc) is 3.40. The van der Waals surface area contributed by atoms with E-state index in [1.165, 1.54) is 4.88 Å². The molecule has 1 atom stereocenters. The fraction of sp³-hybridized carbons (Fsp3) is 0.273. The van der Waals surface area contributed by atoms with Crippen LogP contribution in [0.5, 0.6) is 0 Å². The highest BCUT2D eigenvalue weighted by Gasteiger charge is 2.32. The average molecular weight is 422 g/mol. The van der Waals surface area contributed by atoms with Gasteiger partial charge in [-0.1, -0.05) is 12.1 Å². The van der Waals surface area contributed by atoms with Crippen molar-refractivity contribution in [3.63, 3.8) is 0 Å². The van der Waals surface area contributed by atoms with Gasteiger partial charge in [-0.25, -0.2) is 9.37 Å². The van der Waals surface area contributed by atoms with E-state index in [1.807, 2.05) is 13.0 Å². The van der Waals surface area contributed by atoms with E-state index in [0.717, 1.165) is 39.1 Å². The lowest BCUT2D eigenvalue weighted by Crippen LogP contribution is -2.09. The number of aromatic nitrogens is 4. The Morgan fingerprint density at radius 1 is 1.17 bits per heavy atom. The van der Waals surface area contributed by atoms with Gasteiger partial charge in [0.2, 0.25) is 0 Å². The molecule has 5 rings (SSSR count). The van der Waals surface area contributed by atoms with E-state index in [2.05, 4.69) is 33.6 Å². The Morgan fingerprint density at radius 3 is 2.73 bits per heavy atom. The Labute approximate surface area is 177 Å². The largest absolute Gasteiger partial charge is 0.449 e. The monoisotopic (exact) mass is 421 g/mol. The lowest BCUT2D eigenvalue weighted by molar-refractivity contribution is 0.467. The van der Waals surface area contributed by atoms with E-state index in [1.54, 1.807) is 42.9 Å². The lowest BCUT2D eigenvalue weighted by atomic mass is 9.98. The molecule has 6 nitrogen and oxygen atoms in total. The maximum absolute atomic E-state index is 14.5. The van der Waals surface area contributed by atoms with E-state index in [4.69, 9.17) is 9.41 Å². The molecule has 0 amide bonds. The van der Waals surface area contributed by atoms with Crippen molar-refractivity contribution < 1.29 is 8.81 Å². The van der Waals surface area contributed by atoms with Crippen molar-refractivity contribution in [2.24, 2.45) is 4.99 Å². The number of thiophene rings is 1. The molecule has 152 valence electrons. The standard InChI is InChI=1S/C22H20FN5OS/c1-11-5-6-15(9-16(11)23)20-19-12(2)13(3)30-22(19)28-14(4)26-27-21(28)17(25-20)10-18-24-7-8-29-18/h5-9,17H,10H2,1-4H3. The van der Waals surface area contributed by atoms with E-state index < -0.39 is 0 Å².